The number of hydrogen-bond donors (Lipinski definition) is 0. The Morgan fingerprint density at radius 2 is 1.80 bits per heavy atom. The summed E-state index contributed by atoms with van der Waals surface area (Å²) in [6.45, 7) is 0.0589. The number of nitrogens with zero attached hydrogens (tertiary/aromatic N) is 1. The lowest BCUT2D eigenvalue weighted by Crippen LogP contribution is -2.12. The lowest BCUT2D eigenvalue weighted by molar-refractivity contribution is -0.476. The zero-order valence-electron chi connectivity index (χ0n) is 8.09. The summed E-state index contributed by atoms with van der Waals surface area (Å²) in [5.74, 6) is 1.78. The van der Waals surface area contributed by atoms with Crippen LogP contribution in [0.15, 0.2) is 24.3 Å². The third kappa shape index (κ3) is 2.89. The van der Waals surface area contributed by atoms with Crippen LogP contribution in [0.5, 0.6) is 0 Å². The van der Waals surface area contributed by atoms with Gasteiger partial charge in [0.25, 0.3) is 0 Å². The maximum atomic E-state index is 10.4. The minimum atomic E-state index is -0.222. The molecule has 3 nitrogen and oxygen atoms in total. The second-order valence-corrected chi connectivity index (χ2v) is 6.02. The number of rotatable bonds is 2. The topological polar surface area (TPSA) is 43.1 Å². The molecule has 1 heterocycles. The van der Waals surface area contributed by atoms with Gasteiger partial charge in [0.15, 0.2) is 0 Å². The first kappa shape index (κ1) is 10.8. The predicted molar refractivity (Wildman–Crippen MR) is 64.7 cm³/mol. The molecule has 80 valence electrons. The number of thioether (sulfide) groups is 2. The monoisotopic (exact) mass is 241 g/mol. The SMILES string of the molecule is O=[N+]([O-])CC1SCc2ccccc2CS1. The normalized spacial score (nSPS) is 16.8. The first-order valence-corrected chi connectivity index (χ1v) is 6.77. The molecule has 1 aliphatic heterocycles. The van der Waals surface area contributed by atoms with Gasteiger partial charge in [-0.1, -0.05) is 24.3 Å². The van der Waals surface area contributed by atoms with E-state index in [9.17, 15) is 10.1 Å². The van der Waals surface area contributed by atoms with Crippen LogP contribution in [-0.4, -0.2) is 16.1 Å². The molecule has 2 rings (SSSR count). The molecule has 5 heteroatoms. The number of hydrogen-bond acceptors (Lipinski definition) is 4. The second kappa shape index (κ2) is 4.90. The van der Waals surface area contributed by atoms with Crippen molar-refractivity contribution < 1.29 is 4.92 Å². The fraction of sp³-hybridized carbons (Fsp3) is 0.400. The molecule has 0 N–H and O–H groups in total. The summed E-state index contributed by atoms with van der Waals surface area (Å²) >= 11 is 3.35. The zero-order chi connectivity index (χ0) is 10.7. The average molecular weight is 241 g/mol. The van der Waals surface area contributed by atoms with Gasteiger partial charge < -0.3 is 0 Å². The molecule has 1 aromatic carbocycles. The largest absolute Gasteiger partial charge is 0.264 e. The molecule has 0 aliphatic carbocycles. The fourth-order valence-corrected chi connectivity index (χ4v) is 4.02. The van der Waals surface area contributed by atoms with E-state index >= 15 is 0 Å². The van der Waals surface area contributed by atoms with E-state index in [2.05, 4.69) is 12.1 Å². The summed E-state index contributed by atoms with van der Waals surface area (Å²) < 4.78 is 0.0902. The van der Waals surface area contributed by atoms with Crippen molar-refractivity contribution in [2.24, 2.45) is 0 Å². The van der Waals surface area contributed by atoms with Crippen LogP contribution in [0, 0.1) is 10.1 Å². The highest BCUT2D eigenvalue weighted by Crippen LogP contribution is 2.35. The number of fused-ring (bicyclic) bond motifs is 1. The molecule has 0 saturated heterocycles. The fourth-order valence-electron chi connectivity index (χ4n) is 1.48. The van der Waals surface area contributed by atoms with Crippen LogP contribution in [0.1, 0.15) is 11.1 Å². The van der Waals surface area contributed by atoms with E-state index in [1.165, 1.54) is 11.1 Å². The summed E-state index contributed by atoms with van der Waals surface area (Å²) in [6.07, 6.45) is 0. The van der Waals surface area contributed by atoms with E-state index < -0.39 is 0 Å². The van der Waals surface area contributed by atoms with E-state index in [4.69, 9.17) is 0 Å². The van der Waals surface area contributed by atoms with Gasteiger partial charge in [-0.15, -0.1) is 23.5 Å². The first-order valence-electron chi connectivity index (χ1n) is 4.67. The van der Waals surface area contributed by atoms with Crippen molar-refractivity contribution in [3.8, 4) is 0 Å². The maximum Gasteiger partial charge on any atom is 0.224 e. The molecule has 0 spiro atoms. The molecule has 15 heavy (non-hydrogen) atoms. The van der Waals surface area contributed by atoms with E-state index in [-0.39, 0.29) is 16.1 Å². The molecule has 1 aliphatic rings. The molecule has 0 aromatic heterocycles. The van der Waals surface area contributed by atoms with Gasteiger partial charge in [-0.25, -0.2) is 0 Å². The van der Waals surface area contributed by atoms with Crippen LogP contribution in [-0.2, 0) is 11.5 Å². The summed E-state index contributed by atoms with van der Waals surface area (Å²) in [5.41, 5.74) is 2.64. The Morgan fingerprint density at radius 1 is 1.27 bits per heavy atom. The Labute approximate surface area is 96.8 Å². The van der Waals surface area contributed by atoms with Crippen molar-refractivity contribution in [3.05, 3.63) is 45.5 Å². The highest BCUT2D eigenvalue weighted by atomic mass is 32.2. The van der Waals surface area contributed by atoms with Crippen molar-refractivity contribution in [3.63, 3.8) is 0 Å². The lowest BCUT2D eigenvalue weighted by atomic mass is 10.1. The van der Waals surface area contributed by atoms with Gasteiger partial charge in [-0.05, 0) is 11.1 Å². The third-order valence-electron chi connectivity index (χ3n) is 2.27. The minimum Gasteiger partial charge on any atom is -0.264 e. The minimum absolute atomic E-state index is 0.0589. The third-order valence-corrected chi connectivity index (χ3v) is 5.08. The molecule has 0 saturated carbocycles. The van der Waals surface area contributed by atoms with Crippen LogP contribution in [0.25, 0.3) is 0 Å². The van der Waals surface area contributed by atoms with Gasteiger partial charge in [0.1, 0.15) is 4.58 Å². The second-order valence-electron chi connectivity index (χ2n) is 3.34. The van der Waals surface area contributed by atoms with Gasteiger partial charge in [0, 0.05) is 16.4 Å². The Balaban J connectivity index is 2.05. The average Bonchev–Trinajstić information content (AvgIpc) is 2.41. The molecule has 1 aromatic rings. The zero-order valence-corrected chi connectivity index (χ0v) is 9.72. The highest BCUT2D eigenvalue weighted by Gasteiger charge is 2.20. The van der Waals surface area contributed by atoms with Gasteiger partial charge in [-0.3, -0.25) is 10.1 Å². The first-order chi connectivity index (χ1) is 7.25. The van der Waals surface area contributed by atoms with Crippen LogP contribution < -0.4 is 0 Å². The van der Waals surface area contributed by atoms with Crippen molar-refractivity contribution in [1.82, 2.24) is 0 Å². The van der Waals surface area contributed by atoms with Crippen molar-refractivity contribution in [2.75, 3.05) is 6.54 Å². The standard InChI is InChI=1S/C10H11NO2S2/c12-11(13)5-10-14-6-8-3-1-2-4-9(8)7-15-10/h1-4,10H,5-7H2. The smallest absolute Gasteiger partial charge is 0.224 e. The molecule has 0 radical (unpaired) electrons. The summed E-state index contributed by atoms with van der Waals surface area (Å²) in [4.78, 5) is 10.2. The van der Waals surface area contributed by atoms with Gasteiger partial charge >= 0.3 is 0 Å². The molecule has 0 unspecified atom stereocenters. The number of nitro groups is 1. The Morgan fingerprint density at radius 3 is 2.27 bits per heavy atom. The Bertz CT molecular complexity index is 343. The van der Waals surface area contributed by atoms with Crippen LogP contribution in [0.4, 0.5) is 0 Å². The Kier molecular flexibility index (Phi) is 3.53. The molecule has 0 fully saturated rings. The summed E-state index contributed by atoms with van der Waals surface area (Å²) in [6, 6.07) is 8.27. The van der Waals surface area contributed by atoms with Crippen LogP contribution in [0.2, 0.25) is 0 Å². The van der Waals surface area contributed by atoms with E-state index in [1.807, 2.05) is 12.1 Å². The Hall–Kier alpha value is -0.680. The van der Waals surface area contributed by atoms with E-state index in [0.717, 1.165) is 11.5 Å². The summed E-state index contributed by atoms with van der Waals surface area (Å²) in [5, 5.41) is 10.4. The molecule has 0 amide bonds. The molecular formula is C10H11NO2S2. The predicted octanol–water partition coefficient (Wildman–Crippen LogP) is 2.77. The van der Waals surface area contributed by atoms with Crippen molar-refractivity contribution in [1.29, 1.82) is 0 Å². The highest BCUT2D eigenvalue weighted by molar-refractivity contribution is 8.16. The molecular weight excluding hydrogens is 230 g/mol. The van der Waals surface area contributed by atoms with Gasteiger partial charge in [-0.2, -0.15) is 0 Å². The van der Waals surface area contributed by atoms with Crippen molar-refractivity contribution in [2.45, 2.75) is 16.1 Å². The molecule has 0 bridgehead atoms. The lowest BCUT2D eigenvalue weighted by Gasteiger charge is -2.06. The van der Waals surface area contributed by atoms with E-state index in [0.29, 0.717) is 0 Å². The van der Waals surface area contributed by atoms with Crippen LogP contribution in [0.3, 0.4) is 0 Å². The van der Waals surface area contributed by atoms with Crippen LogP contribution >= 0.6 is 23.5 Å². The maximum absolute atomic E-state index is 10.4. The van der Waals surface area contributed by atoms with E-state index in [1.54, 1.807) is 23.5 Å². The van der Waals surface area contributed by atoms with Crippen molar-refractivity contribution >= 4 is 23.5 Å². The number of benzene rings is 1. The van der Waals surface area contributed by atoms with Gasteiger partial charge in [0.05, 0.1) is 0 Å². The quantitative estimate of drug-likeness (QED) is 0.590. The van der Waals surface area contributed by atoms with Gasteiger partial charge in [0.2, 0.25) is 6.54 Å². The molecule has 0 atom stereocenters. The summed E-state index contributed by atoms with van der Waals surface area (Å²) in [7, 11) is 0.